The van der Waals surface area contributed by atoms with E-state index in [1.165, 1.54) is 23.9 Å². The molecule has 0 heterocycles. The van der Waals surface area contributed by atoms with Gasteiger partial charge in [0.2, 0.25) is 15.9 Å². The molecule has 3 N–H and O–H groups in total. The fourth-order valence-corrected chi connectivity index (χ4v) is 5.46. The van der Waals surface area contributed by atoms with Crippen molar-refractivity contribution in [2.24, 2.45) is 0 Å². The Labute approximate surface area is 184 Å². The van der Waals surface area contributed by atoms with Gasteiger partial charge in [0.1, 0.15) is 0 Å². The Bertz CT molecular complexity index is 1170. The molecule has 3 aromatic carbocycles. The molecule has 1 aliphatic rings. The van der Waals surface area contributed by atoms with Gasteiger partial charge in [-0.3, -0.25) is 15.6 Å². The third kappa shape index (κ3) is 5.07. The summed E-state index contributed by atoms with van der Waals surface area (Å²) < 4.78 is 27.0. The molecule has 30 heavy (non-hydrogen) atoms. The first-order valence-electron chi connectivity index (χ1n) is 9.40. The van der Waals surface area contributed by atoms with Gasteiger partial charge in [0, 0.05) is 21.3 Å². The number of sulfonamides is 1. The highest BCUT2D eigenvalue weighted by molar-refractivity contribution is 8.00. The standard InChI is InChI=1S/C21H20ClN3O3S2/c22-18-5-1-3-14-4-2-6-19(21(14)18)29-13-20(26)24-23-15-9-11-17(12-10-15)30(27,28)25-16-7-8-16/h1-6,9-12,16,23,25H,7-8,13H2,(H,24,26). The summed E-state index contributed by atoms with van der Waals surface area (Å²) in [5.74, 6) is -0.00841. The Kier molecular flexibility index (Phi) is 6.19. The molecule has 6 nitrogen and oxygen atoms in total. The normalized spacial score (nSPS) is 13.9. The van der Waals surface area contributed by atoms with Gasteiger partial charge in [-0.05, 0) is 54.6 Å². The van der Waals surface area contributed by atoms with Gasteiger partial charge in [-0.25, -0.2) is 13.1 Å². The summed E-state index contributed by atoms with van der Waals surface area (Å²) in [6, 6.07) is 17.9. The zero-order valence-electron chi connectivity index (χ0n) is 15.9. The second-order valence-electron chi connectivity index (χ2n) is 6.98. The van der Waals surface area contributed by atoms with Crippen molar-refractivity contribution in [3.8, 4) is 0 Å². The molecule has 9 heteroatoms. The van der Waals surface area contributed by atoms with Crippen molar-refractivity contribution in [3.63, 3.8) is 0 Å². The number of rotatable bonds is 8. The molecule has 0 aromatic heterocycles. The molecule has 4 rings (SSSR count). The fraction of sp³-hybridized carbons (Fsp3) is 0.190. The highest BCUT2D eigenvalue weighted by Gasteiger charge is 2.27. The van der Waals surface area contributed by atoms with Crippen molar-refractivity contribution >= 4 is 55.8 Å². The minimum absolute atomic E-state index is 0.0567. The van der Waals surface area contributed by atoms with Gasteiger partial charge in [-0.1, -0.05) is 35.9 Å². The van der Waals surface area contributed by atoms with E-state index < -0.39 is 10.0 Å². The minimum atomic E-state index is -3.49. The number of hydrazine groups is 1. The van der Waals surface area contributed by atoms with Gasteiger partial charge in [0.05, 0.1) is 16.3 Å². The van der Waals surface area contributed by atoms with Crippen LogP contribution < -0.4 is 15.6 Å². The zero-order chi connectivity index (χ0) is 21.1. The Morgan fingerprint density at radius 3 is 2.43 bits per heavy atom. The second-order valence-corrected chi connectivity index (χ2v) is 10.1. The summed E-state index contributed by atoms with van der Waals surface area (Å²) in [5, 5.41) is 2.61. The molecule has 0 radical (unpaired) electrons. The van der Waals surface area contributed by atoms with Crippen LogP contribution in [0.15, 0.2) is 70.5 Å². The lowest BCUT2D eigenvalue weighted by Crippen LogP contribution is -2.31. The number of benzene rings is 3. The number of halogens is 1. The largest absolute Gasteiger partial charge is 0.299 e. The maximum atomic E-state index is 12.2. The summed E-state index contributed by atoms with van der Waals surface area (Å²) in [7, 11) is -3.49. The van der Waals surface area contributed by atoms with E-state index >= 15 is 0 Å². The van der Waals surface area contributed by atoms with Crippen LogP contribution in [0.25, 0.3) is 10.8 Å². The van der Waals surface area contributed by atoms with E-state index in [0.29, 0.717) is 10.7 Å². The highest BCUT2D eigenvalue weighted by Crippen LogP contribution is 2.33. The van der Waals surface area contributed by atoms with E-state index in [9.17, 15) is 13.2 Å². The minimum Gasteiger partial charge on any atom is -0.299 e. The first kappa shape index (κ1) is 21.0. The van der Waals surface area contributed by atoms with E-state index in [4.69, 9.17) is 11.6 Å². The van der Waals surface area contributed by atoms with Crippen LogP contribution in [0.4, 0.5) is 5.69 Å². The lowest BCUT2D eigenvalue weighted by atomic mass is 10.1. The predicted octanol–water partition coefficient (Wildman–Crippen LogP) is 4.17. The highest BCUT2D eigenvalue weighted by atomic mass is 35.5. The molecule has 0 bridgehead atoms. The molecule has 156 valence electrons. The number of carbonyl (C=O) groups is 1. The third-order valence-electron chi connectivity index (χ3n) is 4.58. The molecule has 1 fully saturated rings. The van der Waals surface area contributed by atoms with E-state index in [-0.39, 0.29) is 22.6 Å². The number of nitrogens with one attached hydrogen (secondary N) is 3. The predicted molar refractivity (Wildman–Crippen MR) is 121 cm³/mol. The molecule has 0 saturated heterocycles. The van der Waals surface area contributed by atoms with Crippen LogP contribution in [-0.4, -0.2) is 26.1 Å². The summed E-state index contributed by atoms with van der Waals surface area (Å²) in [4.78, 5) is 13.4. The molecule has 1 aliphatic carbocycles. The summed E-state index contributed by atoms with van der Waals surface area (Å²) >= 11 is 7.72. The van der Waals surface area contributed by atoms with Crippen LogP contribution in [0.3, 0.4) is 0 Å². The van der Waals surface area contributed by atoms with E-state index in [1.54, 1.807) is 12.1 Å². The summed E-state index contributed by atoms with van der Waals surface area (Å²) in [6.07, 6.45) is 1.77. The van der Waals surface area contributed by atoms with Gasteiger partial charge in [0.25, 0.3) is 0 Å². The average Bonchev–Trinajstić information content (AvgIpc) is 3.54. The molecule has 0 aliphatic heterocycles. The number of amides is 1. The molecule has 0 spiro atoms. The molecule has 0 unspecified atom stereocenters. The second kappa shape index (κ2) is 8.85. The zero-order valence-corrected chi connectivity index (χ0v) is 18.3. The molecule has 1 amide bonds. The van der Waals surface area contributed by atoms with Crippen molar-refractivity contribution in [2.75, 3.05) is 11.2 Å². The van der Waals surface area contributed by atoms with Crippen LogP contribution in [0.1, 0.15) is 12.8 Å². The quantitative estimate of drug-likeness (QED) is 0.346. The van der Waals surface area contributed by atoms with Gasteiger partial charge in [-0.2, -0.15) is 0 Å². The SMILES string of the molecule is O=C(CSc1cccc2cccc(Cl)c12)NNc1ccc(S(=O)(=O)NC2CC2)cc1. The average molecular weight is 462 g/mol. The van der Waals surface area contributed by atoms with E-state index in [1.807, 2.05) is 36.4 Å². The fourth-order valence-electron chi connectivity index (χ4n) is 2.91. The molecular weight excluding hydrogens is 442 g/mol. The number of hydrogen-bond acceptors (Lipinski definition) is 5. The summed E-state index contributed by atoms with van der Waals surface area (Å²) in [6.45, 7) is 0. The van der Waals surface area contributed by atoms with Gasteiger partial charge in [0.15, 0.2) is 0 Å². The number of hydrogen-bond donors (Lipinski definition) is 3. The maximum Gasteiger partial charge on any atom is 0.248 e. The molecule has 0 atom stereocenters. The van der Waals surface area contributed by atoms with Crippen LogP contribution in [0.2, 0.25) is 5.02 Å². The Balaban J connectivity index is 1.32. The van der Waals surface area contributed by atoms with Crippen LogP contribution in [0, 0.1) is 0 Å². The van der Waals surface area contributed by atoms with E-state index in [2.05, 4.69) is 15.6 Å². The number of anilines is 1. The van der Waals surface area contributed by atoms with Crippen LogP contribution in [-0.2, 0) is 14.8 Å². The lowest BCUT2D eigenvalue weighted by molar-refractivity contribution is -0.118. The van der Waals surface area contributed by atoms with Crippen LogP contribution >= 0.6 is 23.4 Å². The van der Waals surface area contributed by atoms with Gasteiger partial charge < -0.3 is 0 Å². The lowest BCUT2D eigenvalue weighted by Gasteiger charge is -2.11. The number of thioether (sulfide) groups is 1. The monoisotopic (exact) mass is 461 g/mol. The Hall–Kier alpha value is -2.26. The van der Waals surface area contributed by atoms with Crippen LogP contribution in [0.5, 0.6) is 0 Å². The molecule has 3 aromatic rings. The molecular formula is C21H20ClN3O3S2. The van der Waals surface area contributed by atoms with Crippen molar-refractivity contribution in [3.05, 3.63) is 65.7 Å². The van der Waals surface area contributed by atoms with Gasteiger partial charge in [-0.15, -0.1) is 11.8 Å². The third-order valence-corrected chi connectivity index (χ3v) is 7.49. The number of carbonyl (C=O) groups excluding carboxylic acids is 1. The van der Waals surface area contributed by atoms with Crippen molar-refractivity contribution in [2.45, 2.75) is 28.7 Å². The Morgan fingerprint density at radius 2 is 1.73 bits per heavy atom. The van der Waals surface area contributed by atoms with Gasteiger partial charge >= 0.3 is 0 Å². The molecule has 1 saturated carbocycles. The van der Waals surface area contributed by atoms with E-state index in [0.717, 1.165) is 28.5 Å². The topological polar surface area (TPSA) is 87.3 Å². The number of fused-ring (bicyclic) bond motifs is 1. The van der Waals surface area contributed by atoms with Crippen molar-refractivity contribution in [1.82, 2.24) is 10.1 Å². The van der Waals surface area contributed by atoms with Crippen molar-refractivity contribution in [1.29, 1.82) is 0 Å². The maximum absolute atomic E-state index is 12.2. The first-order chi connectivity index (χ1) is 14.4. The Morgan fingerprint density at radius 1 is 1.03 bits per heavy atom. The van der Waals surface area contributed by atoms with Crippen molar-refractivity contribution < 1.29 is 13.2 Å². The first-order valence-corrected chi connectivity index (χ1v) is 12.2. The summed E-state index contributed by atoms with van der Waals surface area (Å²) in [5.41, 5.74) is 6.02. The smallest absolute Gasteiger partial charge is 0.248 e.